The predicted molar refractivity (Wildman–Crippen MR) is 73.9 cm³/mol. The zero-order valence-electron chi connectivity index (χ0n) is 11.8. The Labute approximate surface area is 122 Å². The Kier molecular flexibility index (Phi) is 3.07. The molecule has 21 heavy (non-hydrogen) atoms. The van der Waals surface area contributed by atoms with Crippen molar-refractivity contribution in [1.29, 1.82) is 0 Å². The molecule has 0 amide bonds. The quantitative estimate of drug-likeness (QED) is 0.824. The average Bonchev–Trinajstić information content (AvgIpc) is 3.15. The van der Waals surface area contributed by atoms with Gasteiger partial charge >= 0.3 is 0 Å². The van der Waals surface area contributed by atoms with Gasteiger partial charge in [-0.15, -0.1) is 10.2 Å². The largest absolute Gasteiger partial charge is 0.425 e. The SMILES string of the molecule is Cc1nnc([C@H]2C[C@@H]3OCC[C@@H]3N(c3ncccn3)C2)o1. The molecule has 4 rings (SSSR count). The summed E-state index contributed by atoms with van der Waals surface area (Å²) in [6.07, 6.45) is 5.65. The summed E-state index contributed by atoms with van der Waals surface area (Å²) in [4.78, 5) is 11.0. The molecule has 4 heterocycles. The Morgan fingerprint density at radius 2 is 2.10 bits per heavy atom. The second-order valence-electron chi connectivity index (χ2n) is 5.56. The van der Waals surface area contributed by atoms with E-state index in [4.69, 9.17) is 9.15 Å². The van der Waals surface area contributed by atoms with Crippen LogP contribution in [-0.2, 0) is 4.74 Å². The number of hydrogen-bond donors (Lipinski definition) is 0. The number of nitrogens with zero attached hydrogens (tertiary/aromatic N) is 5. The standard InChI is InChI=1S/C14H17N5O2/c1-9-17-18-13(21-9)10-7-12-11(3-6-20-12)19(8-10)14-15-4-2-5-16-14/h2,4-5,10-12H,3,6-8H2,1H3/t10-,11-,12-/m0/s1. The van der Waals surface area contributed by atoms with Crippen molar-refractivity contribution in [1.82, 2.24) is 20.2 Å². The number of hydrogen-bond acceptors (Lipinski definition) is 7. The zero-order chi connectivity index (χ0) is 14.2. The summed E-state index contributed by atoms with van der Waals surface area (Å²) in [5, 5.41) is 8.11. The first-order valence-corrected chi connectivity index (χ1v) is 7.26. The number of aryl methyl sites for hydroxylation is 1. The fraction of sp³-hybridized carbons (Fsp3) is 0.571. The van der Waals surface area contributed by atoms with Gasteiger partial charge < -0.3 is 14.1 Å². The second-order valence-corrected chi connectivity index (χ2v) is 5.56. The van der Waals surface area contributed by atoms with Crippen LogP contribution in [0.1, 0.15) is 30.5 Å². The molecule has 2 aliphatic rings. The predicted octanol–water partition coefficient (Wildman–Crippen LogP) is 1.32. The fourth-order valence-corrected chi connectivity index (χ4v) is 3.27. The third kappa shape index (κ3) is 2.27. The Hall–Kier alpha value is -2.02. The van der Waals surface area contributed by atoms with Crippen molar-refractivity contribution in [2.45, 2.75) is 37.8 Å². The molecule has 110 valence electrons. The molecular weight excluding hydrogens is 270 g/mol. The number of aromatic nitrogens is 4. The van der Waals surface area contributed by atoms with Crippen LogP contribution >= 0.6 is 0 Å². The molecular formula is C14H17N5O2. The van der Waals surface area contributed by atoms with Crippen molar-refractivity contribution in [3.8, 4) is 0 Å². The number of fused-ring (bicyclic) bond motifs is 1. The average molecular weight is 287 g/mol. The molecule has 7 heteroatoms. The van der Waals surface area contributed by atoms with E-state index in [0.717, 1.165) is 31.9 Å². The van der Waals surface area contributed by atoms with Gasteiger partial charge in [-0.3, -0.25) is 0 Å². The highest BCUT2D eigenvalue weighted by atomic mass is 16.5. The van der Waals surface area contributed by atoms with Crippen molar-refractivity contribution in [3.63, 3.8) is 0 Å². The molecule has 0 radical (unpaired) electrons. The van der Waals surface area contributed by atoms with Gasteiger partial charge in [-0.25, -0.2) is 9.97 Å². The molecule has 0 spiro atoms. The maximum absolute atomic E-state index is 5.88. The third-order valence-electron chi connectivity index (χ3n) is 4.21. The van der Waals surface area contributed by atoms with Crippen LogP contribution in [0.4, 0.5) is 5.95 Å². The Bertz CT molecular complexity index is 617. The number of piperidine rings is 1. The lowest BCUT2D eigenvalue weighted by Gasteiger charge is -2.39. The minimum Gasteiger partial charge on any atom is -0.425 e. The summed E-state index contributed by atoms with van der Waals surface area (Å²) < 4.78 is 11.5. The van der Waals surface area contributed by atoms with E-state index >= 15 is 0 Å². The summed E-state index contributed by atoms with van der Waals surface area (Å²) >= 11 is 0. The van der Waals surface area contributed by atoms with Crippen molar-refractivity contribution in [2.24, 2.45) is 0 Å². The third-order valence-corrected chi connectivity index (χ3v) is 4.21. The van der Waals surface area contributed by atoms with E-state index in [-0.39, 0.29) is 12.0 Å². The molecule has 3 atom stereocenters. The molecule has 0 saturated carbocycles. The molecule has 2 saturated heterocycles. The van der Waals surface area contributed by atoms with E-state index in [1.807, 2.05) is 13.0 Å². The van der Waals surface area contributed by atoms with Gasteiger partial charge in [0.05, 0.1) is 18.1 Å². The van der Waals surface area contributed by atoms with Gasteiger partial charge in [-0.1, -0.05) is 0 Å². The first-order valence-electron chi connectivity index (χ1n) is 7.26. The van der Waals surface area contributed by atoms with Gasteiger partial charge in [-0.05, 0) is 18.9 Å². The molecule has 2 aliphatic heterocycles. The van der Waals surface area contributed by atoms with Crippen molar-refractivity contribution < 1.29 is 9.15 Å². The van der Waals surface area contributed by atoms with Crippen LogP contribution in [0, 0.1) is 6.92 Å². The van der Waals surface area contributed by atoms with Crippen LogP contribution in [0.2, 0.25) is 0 Å². The van der Waals surface area contributed by atoms with Gasteiger partial charge in [0.1, 0.15) is 0 Å². The number of rotatable bonds is 2. The van der Waals surface area contributed by atoms with E-state index in [1.54, 1.807) is 12.4 Å². The summed E-state index contributed by atoms with van der Waals surface area (Å²) in [6.45, 7) is 3.39. The molecule has 0 aromatic carbocycles. The van der Waals surface area contributed by atoms with Gasteiger partial charge in [0.2, 0.25) is 17.7 Å². The van der Waals surface area contributed by atoms with Gasteiger partial charge in [0.15, 0.2) is 0 Å². The Morgan fingerprint density at radius 1 is 1.24 bits per heavy atom. The van der Waals surface area contributed by atoms with Crippen LogP contribution in [0.5, 0.6) is 0 Å². The topological polar surface area (TPSA) is 77.2 Å². The minimum atomic E-state index is 0.161. The first kappa shape index (κ1) is 12.7. The molecule has 2 aromatic rings. The molecule has 0 bridgehead atoms. The fourth-order valence-electron chi connectivity index (χ4n) is 3.27. The number of anilines is 1. The van der Waals surface area contributed by atoms with Crippen molar-refractivity contribution in [3.05, 3.63) is 30.2 Å². The van der Waals surface area contributed by atoms with Crippen LogP contribution in [-0.4, -0.2) is 45.5 Å². The highest BCUT2D eigenvalue weighted by Gasteiger charge is 2.43. The van der Waals surface area contributed by atoms with E-state index in [0.29, 0.717) is 17.8 Å². The zero-order valence-corrected chi connectivity index (χ0v) is 11.8. The Morgan fingerprint density at radius 3 is 2.86 bits per heavy atom. The van der Waals surface area contributed by atoms with E-state index in [2.05, 4.69) is 25.1 Å². The van der Waals surface area contributed by atoms with Crippen LogP contribution in [0.15, 0.2) is 22.9 Å². The molecule has 0 aliphatic carbocycles. The molecule has 2 aromatic heterocycles. The van der Waals surface area contributed by atoms with Crippen LogP contribution in [0.3, 0.4) is 0 Å². The van der Waals surface area contributed by atoms with E-state index in [9.17, 15) is 0 Å². The molecule has 7 nitrogen and oxygen atoms in total. The lowest BCUT2D eigenvalue weighted by atomic mass is 9.90. The van der Waals surface area contributed by atoms with Crippen LogP contribution in [0.25, 0.3) is 0 Å². The lowest BCUT2D eigenvalue weighted by Crippen LogP contribution is -2.49. The van der Waals surface area contributed by atoms with Gasteiger partial charge in [-0.2, -0.15) is 0 Å². The smallest absolute Gasteiger partial charge is 0.225 e. The summed E-state index contributed by atoms with van der Waals surface area (Å²) in [7, 11) is 0. The second kappa shape index (κ2) is 5.07. The normalized spacial score (nSPS) is 28.6. The van der Waals surface area contributed by atoms with Crippen molar-refractivity contribution in [2.75, 3.05) is 18.1 Å². The van der Waals surface area contributed by atoms with Gasteiger partial charge in [0, 0.05) is 32.5 Å². The molecule has 0 N–H and O–H groups in total. The summed E-state index contributed by atoms with van der Waals surface area (Å²) in [5.74, 6) is 2.19. The Balaban J connectivity index is 1.65. The maximum atomic E-state index is 5.88. The number of ether oxygens (including phenoxy) is 1. The molecule has 0 unspecified atom stereocenters. The highest BCUT2D eigenvalue weighted by molar-refractivity contribution is 5.34. The maximum Gasteiger partial charge on any atom is 0.225 e. The highest BCUT2D eigenvalue weighted by Crippen LogP contribution is 2.37. The van der Waals surface area contributed by atoms with E-state index in [1.165, 1.54) is 0 Å². The lowest BCUT2D eigenvalue weighted by molar-refractivity contribution is 0.0763. The van der Waals surface area contributed by atoms with Crippen molar-refractivity contribution >= 4 is 5.95 Å². The minimum absolute atomic E-state index is 0.161. The summed E-state index contributed by atoms with van der Waals surface area (Å²) in [6, 6.07) is 2.17. The van der Waals surface area contributed by atoms with E-state index < -0.39 is 0 Å². The van der Waals surface area contributed by atoms with Gasteiger partial charge in [0.25, 0.3) is 0 Å². The first-order chi connectivity index (χ1) is 10.3. The molecule has 2 fully saturated rings. The summed E-state index contributed by atoms with van der Waals surface area (Å²) in [5.41, 5.74) is 0. The monoisotopic (exact) mass is 287 g/mol. The van der Waals surface area contributed by atoms with Crippen LogP contribution < -0.4 is 4.90 Å².